The normalized spacial score (nSPS) is 19.5. The van der Waals surface area contributed by atoms with E-state index in [0.717, 1.165) is 17.9 Å². The first-order valence-electron chi connectivity index (χ1n) is 10.6. The predicted octanol–water partition coefficient (Wildman–Crippen LogP) is 6.94. The van der Waals surface area contributed by atoms with Gasteiger partial charge in [0.15, 0.2) is 0 Å². The number of benzene rings is 1. The van der Waals surface area contributed by atoms with Crippen molar-refractivity contribution in [3.05, 3.63) is 47.5 Å². The van der Waals surface area contributed by atoms with Crippen molar-refractivity contribution in [1.82, 2.24) is 0 Å². The molecule has 0 aliphatic heterocycles. The summed E-state index contributed by atoms with van der Waals surface area (Å²) in [7, 11) is 0. The van der Waals surface area contributed by atoms with Crippen LogP contribution in [0.1, 0.15) is 82.8 Å². The van der Waals surface area contributed by atoms with E-state index in [4.69, 9.17) is 0 Å². The van der Waals surface area contributed by atoms with Gasteiger partial charge in [0, 0.05) is 11.5 Å². The highest BCUT2D eigenvalue weighted by atomic mass is 14.2. The molecule has 1 saturated carbocycles. The summed E-state index contributed by atoms with van der Waals surface area (Å²) < 4.78 is 0. The molecule has 1 aliphatic rings. The van der Waals surface area contributed by atoms with Crippen molar-refractivity contribution in [2.75, 3.05) is 0 Å². The lowest BCUT2D eigenvalue weighted by Gasteiger charge is -2.25. The van der Waals surface area contributed by atoms with E-state index in [1.165, 1.54) is 63.4 Å². The first kappa shape index (κ1) is 20.4. The van der Waals surface area contributed by atoms with Crippen LogP contribution in [0.5, 0.6) is 0 Å². The lowest BCUT2D eigenvalue weighted by atomic mass is 9.80. The molecule has 1 fully saturated rings. The van der Waals surface area contributed by atoms with Gasteiger partial charge in [0.05, 0.1) is 0 Å². The van der Waals surface area contributed by atoms with E-state index >= 15 is 0 Å². The van der Waals surface area contributed by atoms with E-state index < -0.39 is 0 Å². The molecular weight excluding hydrogens is 312 g/mol. The number of hydrogen-bond donors (Lipinski definition) is 0. The number of unbranched alkanes of at least 4 members (excludes halogenated alkanes) is 3. The summed E-state index contributed by atoms with van der Waals surface area (Å²) in [6, 6.07) is 8.47. The maximum atomic E-state index is 3.43. The minimum absolute atomic E-state index is 0.598. The van der Waals surface area contributed by atoms with Crippen LogP contribution in [-0.2, 0) is 6.42 Å². The van der Waals surface area contributed by atoms with Crippen LogP contribution in [0.4, 0.5) is 0 Å². The molecule has 1 aromatic rings. The molecule has 0 spiro atoms. The van der Waals surface area contributed by atoms with Gasteiger partial charge in [0.25, 0.3) is 0 Å². The maximum absolute atomic E-state index is 3.43. The fourth-order valence-corrected chi connectivity index (χ4v) is 3.65. The fourth-order valence-electron chi connectivity index (χ4n) is 3.65. The molecule has 0 bridgehead atoms. The quantitative estimate of drug-likeness (QED) is 0.387. The van der Waals surface area contributed by atoms with E-state index in [9.17, 15) is 0 Å². The van der Waals surface area contributed by atoms with Crippen LogP contribution in [-0.4, -0.2) is 0 Å². The summed E-state index contributed by atoms with van der Waals surface area (Å²) in [5.41, 5.74) is 2.42. The van der Waals surface area contributed by atoms with E-state index in [2.05, 4.69) is 61.8 Å². The molecule has 0 aromatic heterocycles. The molecule has 0 radical (unpaired) electrons. The number of rotatable bonds is 6. The summed E-state index contributed by atoms with van der Waals surface area (Å²) in [5.74, 6) is 14.4. The zero-order valence-electron chi connectivity index (χ0n) is 16.7. The molecule has 0 heteroatoms. The van der Waals surface area contributed by atoms with E-state index in [1.807, 2.05) is 12.2 Å². The third-order valence-electron chi connectivity index (χ3n) is 5.43. The highest BCUT2D eigenvalue weighted by Gasteiger charge is 2.19. The molecule has 0 unspecified atom stereocenters. The Morgan fingerprint density at radius 1 is 0.885 bits per heavy atom. The predicted molar refractivity (Wildman–Crippen MR) is 114 cm³/mol. The largest absolute Gasteiger partial charge is 0.0951 e. The van der Waals surface area contributed by atoms with E-state index in [1.54, 1.807) is 0 Å². The smallest absolute Gasteiger partial charge is 0.0249 e. The molecular formula is C26H34. The molecule has 138 valence electrons. The van der Waals surface area contributed by atoms with Crippen molar-refractivity contribution < 1.29 is 0 Å². The fraction of sp³-hybridized carbons (Fsp3) is 0.538. The Bertz CT molecular complexity index is 646. The molecule has 0 saturated heterocycles. The van der Waals surface area contributed by atoms with E-state index in [-0.39, 0.29) is 0 Å². The van der Waals surface area contributed by atoms with Crippen LogP contribution < -0.4 is 0 Å². The zero-order chi connectivity index (χ0) is 18.5. The standard InChI is InChI=1S/C26H34/c1-3-5-6-9-12-25-19-21-26(22-20-25)14-11-8-7-10-13-24-17-15-23(4-2)16-18-24/h7-8,15-18,25-26H,3-6,9,12,19-22H2,1-2H3/b8-7+. The summed E-state index contributed by atoms with van der Waals surface area (Å²) in [6.07, 6.45) is 17.2. The van der Waals surface area contributed by atoms with Crippen LogP contribution in [0.15, 0.2) is 36.4 Å². The molecule has 1 aliphatic carbocycles. The second kappa shape index (κ2) is 12.4. The highest BCUT2D eigenvalue weighted by molar-refractivity contribution is 5.39. The average Bonchev–Trinajstić information content (AvgIpc) is 2.69. The van der Waals surface area contributed by atoms with Crippen molar-refractivity contribution >= 4 is 0 Å². The Morgan fingerprint density at radius 3 is 2.31 bits per heavy atom. The van der Waals surface area contributed by atoms with Crippen molar-refractivity contribution in [2.45, 2.75) is 78.1 Å². The molecule has 26 heavy (non-hydrogen) atoms. The summed E-state index contributed by atoms with van der Waals surface area (Å²) >= 11 is 0. The maximum Gasteiger partial charge on any atom is 0.0249 e. The van der Waals surface area contributed by atoms with Crippen molar-refractivity contribution in [2.24, 2.45) is 11.8 Å². The molecule has 0 nitrogen and oxygen atoms in total. The van der Waals surface area contributed by atoms with Crippen LogP contribution in [0.2, 0.25) is 0 Å². The summed E-state index contributed by atoms with van der Waals surface area (Å²) in [6.45, 7) is 4.45. The van der Waals surface area contributed by atoms with Crippen LogP contribution in [0.25, 0.3) is 0 Å². The van der Waals surface area contributed by atoms with Gasteiger partial charge < -0.3 is 0 Å². The van der Waals surface area contributed by atoms with Crippen LogP contribution in [0.3, 0.4) is 0 Å². The van der Waals surface area contributed by atoms with Gasteiger partial charge in [0.1, 0.15) is 0 Å². The number of allylic oxidation sites excluding steroid dienone is 2. The van der Waals surface area contributed by atoms with Gasteiger partial charge in [-0.05, 0) is 67.9 Å². The van der Waals surface area contributed by atoms with Crippen LogP contribution in [0, 0.1) is 35.5 Å². The topological polar surface area (TPSA) is 0 Å². The second-order valence-corrected chi connectivity index (χ2v) is 7.51. The number of aryl methyl sites for hydroxylation is 1. The van der Waals surface area contributed by atoms with Gasteiger partial charge in [-0.3, -0.25) is 0 Å². The molecule has 2 rings (SSSR count). The Kier molecular flexibility index (Phi) is 9.75. The molecule has 0 amide bonds. The van der Waals surface area contributed by atoms with Gasteiger partial charge in [-0.15, -0.1) is 0 Å². The minimum Gasteiger partial charge on any atom is -0.0951 e. The third kappa shape index (κ3) is 7.97. The highest BCUT2D eigenvalue weighted by Crippen LogP contribution is 2.31. The van der Waals surface area contributed by atoms with Gasteiger partial charge in [-0.1, -0.05) is 81.8 Å². The Labute approximate surface area is 161 Å². The Hall–Kier alpha value is -1.92. The SMILES string of the molecule is CCCCCCC1CCC(C#C/C=C/C#Cc2ccc(CC)cc2)CC1. The molecule has 0 atom stereocenters. The third-order valence-corrected chi connectivity index (χ3v) is 5.43. The van der Waals surface area contributed by atoms with Crippen molar-refractivity contribution in [1.29, 1.82) is 0 Å². The molecule has 0 heterocycles. The van der Waals surface area contributed by atoms with Crippen molar-refractivity contribution in [3.8, 4) is 23.7 Å². The van der Waals surface area contributed by atoms with Gasteiger partial charge in [-0.25, -0.2) is 0 Å². The summed E-state index contributed by atoms with van der Waals surface area (Å²) in [4.78, 5) is 0. The van der Waals surface area contributed by atoms with E-state index in [0.29, 0.717) is 5.92 Å². The number of hydrogen-bond acceptors (Lipinski definition) is 0. The monoisotopic (exact) mass is 346 g/mol. The lowest BCUT2D eigenvalue weighted by Crippen LogP contribution is -2.13. The van der Waals surface area contributed by atoms with Gasteiger partial charge >= 0.3 is 0 Å². The first-order valence-corrected chi connectivity index (χ1v) is 10.6. The van der Waals surface area contributed by atoms with Gasteiger partial charge in [0.2, 0.25) is 0 Å². The molecule has 1 aromatic carbocycles. The first-order chi connectivity index (χ1) is 12.8. The zero-order valence-corrected chi connectivity index (χ0v) is 16.7. The van der Waals surface area contributed by atoms with Crippen molar-refractivity contribution in [3.63, 3.8) is 0 Å². The minimum atomic E-state index is 0.598. The Morgan fingerprint density at radius 2 is 1.62 bits per heavy atom. The van der Waals surface area contributed by atoms with Gasteiger partial charge in [-0.2, -0.15) is 0 Å². The summed E-state index contributed by atoms with van der Waals surface area (Å²) in [5, 5.41) is 0. The Balaban J connectivity index is 1.67. The second-order valence-electron chi connectivity index (χ2n) is 7.51. The molecule has 0 N–H and O–H groups in total. The average molecular weight is 347 g/mol. The van der Waals surface area contributed by atoms with Crippen LogP contribution >= 0.6 is 0 Å². The lowest BCUT2D eigenvalue weighted by molar-refractivity contribution is 0.294.